The summed E-state index contributed by atoms with van der Waals surface area (Å²) in [7, 11) is 0. The van der Waals surface area contributed by atoms with Gasteiger partial charge in [0.2, 0.25) is 5.12 Å². The van der Waals surface area contributed by atoms with Crippen molar-refractivity contribution in [1.29, 1.82) is 0 Å². The van der Waals surface area contributed by atoms with E-state index in [9.17, 15) is 9.59 Å². The fourth-order valence-electron chi connectivity index (χ4n) is 4.46. The fraction of sp³-hybridized carbons (Fsp3) is 0.103. The van der Waals surface area contributed by atoms with Gasteiger partial charge < -0.3 is 4.74 Å². The molecule has 4 aromatic rings. The van der Waals surface area contributed by atoms with E-state index in [1.807, 2.05) is 72.8 Å². The van der Waals surface area contributed by atoms with Crippen LogP contribution in [0.15, 0.2) is 109 Å². The van der Waals surface area contributed by atoms with Crippen LogP contribution >= 0.6 is 11.8 Å². The standard InChI is InChI=1S/C29H22O3S/c30-27(21-11-3-1-4-12-21)32-19-29(20-33-28(31)22-13-5-2-6-14-22)25-17-9-7-15-23(25)24-16-8-10-18-26(24)29/h1-18H,19-20H2. The highest BCUT2D eigenvalue weighted by atomic mass is 32.2. The molecule has 5 rings (SSSR count). The molecule has 1 aliphatic carbocycles. The molecular weight excluding hydrogens is 428 g/mol. The van der Waals surface area contributed by atoms with E-state index in [0.29, 0.717) is 16.9 Å². The van der Waals surface area contributed by atoms with E-state index in [4.69, 9.17) is 4.74 Å². The van der Waals surface area contributed by atoms with Crippen LogP contribution in [0.1, 0.15) is 31.8 Å². The number of carbonyl (C=O) groups is 2. The van der Waals surface area contributed by atoms with Crippen LogP contribution in [0.3, 0.4) is 0 Å². The van der Waals surface area contributed by atoms with E-state index in [0.717, 1.165) is 22.3 Å². The van der Waals surface area contributed by atoms with E-state index >= 15 is 0 Å². The van der Waals surface area contributed by atoms with Gasteiger partial charge in [0.05, 0.1) is 11.0 Å². The molecule has 0 fully saturated rings. The fourth-order valence-corrected chi connectivity index (χ4v) is 5.54. The zero-order chi connectivity index (χ0) is 22.7. The molecule has 0 heterocycles. The second-order valence-electron chi connectivity index (χ2n) is 8.06. The van der Waals surface area contributed by atoms with Crippen molar-refractivity contribution in [1.82, 2.24) is 0 Å². The number of thioether (sulfide) groups is 1. The van der Waals surface area contributed by atoms with Gasteiger partial charge in [0.15, 0.2) is 0 Å². The summed E-state index contributed by atoms with van der Waals surface area (Å²) >= 11 is 1.27. The molecule has 3 nitrogen and oxygen atoms in total. The number of ether oxygens (including phenoxy) is 1. The van der Waals surface area contributed by atoms with Gasteiger partial charge >= 0.3 is 5.97 Å². The Hall–Kier alpha value is -3.63. The predicted octanol–water partition coefficient (Wildman–Crippen LogP) is 6.38. The molecule has 0 saturated heterocycles. The molecule has 0 unspecified atom stereocenters. The van der Waals surface area contributed by atoms with Gasteiger partial charge in [-0.25, -0.2) is 4.79 Å². The monoisotopic (exact) mass is 450 g/mol. The van der Waals surface area contributed by atoms with Crippen LogP contribution < -0.4 is 0 Å². The molecule has 0 spiro atoms. The Morgan fingerprint density at radius 2 is 1.12 bits per heavy atom. The van der Waals surface area contributed by atoms with Crippen molar-refractivity contribution >= 4 is 22.8 Å². The number of hydrogen-bond donors (Lipinski definition) is 0. The SMILES string of the molecule is O=C(OCC1(CSC(=O)c2ccccc2)c2ccccc2-c2ccccc21)c1ccccc1. The van der Waals surface area contributed by atoms with E-state index in [1.165, 1.54) is 11.8 Å². The third kappa shape index (κ3) is 3.98. The van der Waals surface area contributed by atoms with Crippen molar-refractivity contribution in [2.45, 2.75) is 5.41 Å². The molecule has 0 atom stereocenters. The molecule has 0 aromatic heterocycles. The van der Waals surface area contributed by atoms with Gasteiger partial charge in [0.25, 0.3) is 0 Å². The molecule has 0 N–H and O–H groups in total. The Morgan fingerprint density at radius 3 is 1.70 bits per heavy atom. The minimum Gasteiger partial charge on any atom is -0.461 e. The maximum atomic E-state index is 13.0. The zero-order valence-corrected chi connectivity index (χ0v) is 18.8. The van der Waals surface area contributed by atoms with E-state index in [-0.39, 0.29) is 17.7 Å². The first-order valence-electron chi connectivity index (χ1n) is 10.8. The van der Waals surface area contributed by atoms with Crippen molar-refractivity contribution in [2.24, 2.45) is 0 Å². The van der Waals surface area contributed by atoms with Gasteiger partial charge in [-0.15, -0.1) is 0 Å². The van der Waals surface area contributed by atoms with Crippen LogP contribution in [0, 0.1) is 0 Å². The van der Waals surface area contributed by atoms with Gasteiger partial charge in [-0.05, 0) is 34.4 Å². The highest BCUT2D eigenvalue weighted by Crippen LogP contribution is 2.50. The van der Waals surface area contributed by atoms with Gasteiger partial charge in [0, 0.05) is 11.3 Å². The molecule has 0 bridgehead atoms. The smallest absolute Gasteiger partial charge is 0.338 e. The third-order valence-corrected chi connectivity index (χ3v) is 7.23. The number of esters is 1. The summed E-state index contributed by atoms with van der Waals surface area (Å²) < 4.78 is 5.90. The lowest BCUT2D eigenvalue weighted by atomic mass is 9.80. The molecule has 33 heavy (non-hydrogen) atoms. The highest BCUT2D eigenvalue weighted by Gasteiger charge is 2.44. The lowest BCUT2D eigenvalue weighted by Gasteiger charge is -2.31. The van der Waals surface area contributed by atoms with Crippen molar-refractivity contribution in [3.63, 3.8) is 0 Å². The Labute approximate surface area is 197 Å². The van der Waals surface area contributed by atoms with Crippen LogP contribution in [0.25, 0.3) is 11.1 Å². The first-order valence-corrected chi connectivity index (χ1v) is 11.8. The van der Waals surface area contributed by atoms with Crippen molar-refractivity contribution < 1.29 is 14.3 Å². The normalized spacial score (nSPS) is 13.1. The Kier molecular flexibility index (Phi) is 5.84. The molecule has 162 valence electrons. The molecule has 0 radical (unpaired) electrons. The number of fused-ring (bicyclic) bond motifs is 3. The third-order valence-electron chi connectivity index (χ3n) is 6.09. The first-order chi connectivity index (χ1) is 16.2. The van der Waals surface area contributed by atoms with Gasteiger partial charge in [-0.2, -0.15) is 0 Å². The number of carbonyl (C=O) groups excluding carboxylic acids is 2. The molecule has 4 aromatic carbocycles. The van der Waals surface area contributed by atoms with Crippen molar-refractivity contribution in [2.75, 3.05) is 12.4 Å². The van der Waals surface area contributed by atoms with Gasteiger partial charge in [-0.1, -0.05) is 109 Å². The average Bonchev–Trinajstić information content (AvgIpc) is 3.17. The van der Waals surface area contributed by atoms with Crippen molar-refractivity contribution in [3.05, 3.63) is 131 Å². The summed E-state index contributed by atoms with van der Waals surface area (Å²) in [6.45, 7) is 0.157. The molecule has 4 heteroatoms. The summed E-state index contributed by atoms with van der Waals surface area (Å²) in [6.07, 6.45) is 0. The summed E-state index contributed by atoms with van der Waals surface area (Å²) in [5, 5.41) is 0.00576. The lowest BCUT2D eigenvalue weighted by Crippen LogP contribution is -2.35. The molecule has 1 aliphatic rings. The number of benzene rings is 4. The second-order valence-corrected chi connectivity index (χ2v) is 9.01. The second kappa shape index (κ2) is 9.08. The van der Waals surface area contributed by atoms with Gasteiger partial charge in [-0.3, -0.25) is 4.79 Å². The van der Waals surface area contributed by atoms with Gasteiger partial charge in [0.1, 0.15) is 6.61 Å². The predicted molar refractivity (Wildman–Crippen MR) is 133 cm³/mol. The average molecular weight is 451 g/mol. The Morgan fingerprint density at radius 1 is 0.636 bits per heavy atom. The highest BCUT2D eigenvalue weighted by molar-refractivity contribution is 8.14. The minimum absolute atomic E-state index is 0.00576. The van der Waals surface area contributed by atoms with Crippen LogP contribution in [0.5, 0.6) is 0 Å². The largest absolute Gasteiger partial charge is 0.461 e. The Bertz CT molecular complexity index is 1200. The summed E-state index contributed by atoms with van der Waals surface area (Å²) in [6, 6.07) is 34.7. The summed E-state index contributed by atoms with van der Waals surface area (Å²) in [5.41, 5.74) is 4.97. The maximum Gasteiger partial charge on any atom is 0.338 e. The Balaban J connectivity index is 1.51. The van der Waals surface area contributed by atoms with Crippen LogP contribution in [0.2, 0.25) is 0 Å². The van der Waals surface area contributed by atoms with Crippen LogP contribution in [-0.4, -0.2) is 23.4 Å². The quantitative estimate of drug-likeness (QED) is 0.320. The van der Waals surface area contributed by atoms with E-state index in [1.54, 1.807) is 12.1 Å². The number of rotatable bonds is 6. The zero-order valence-electron chi connectivity index (χ0n) is 17.9. The molecule has 0 saturated carbocycles. The summed E-state index contributed by atoms with van der Waals surface area (Å²) in [5.74, 6) is 0.104. The molecule has 0 aliphatic heterocycles. The summed E-state index contributed by atoms with van der Waals surface area (Å²) in [4.78, 5) is 25.8. The molecular formula is C29H22O3S. The van der Waals surface area contributed by atoms with Crippen LogP contribution in [-0.2, 0) is 10.2 Å². The van der Waals surface area contributed by atoms with Crippen LogP contribution in [0.4, 0.5) is 0 Å². The molecule has 0 amide bonds. The topological polar surface area (TPSA) is 43.4 Å². The lowest BCUT2D eigenvalue weighted by molar-refractivity contribution is 0.0447. The van der Waals surface area contributed by atoms with E-state index < -0.39 is 5.41 Å². The number of hydrogen-bond acceptors (Lipinski definition) is 4. The van der Waals surface area contributed by atoms with E-state index in [2.05, 4.69) is 24.3 Å². The first kappa shape index (κ1) is 21.2. The minimum atomic E-state index is -0.618. The van der Waals surface area contributed by atoms with Crippen molar-refractivity contribution in [3.8, 4) is 11.1 Å². The maximum absolute atomic E-state index is 13.0.